The van der Waals surface area contributed by atoms with E-state index in [1.54, 1.807) is 12.1 Å². The molecular weight excluding hydrogens is 365 g/mol. The molecule has 136 valence electrons. The van der Waals surface area contributed by atoms with Gasteiger partial charge in [-0.1, -0.05) is 6.42 Å². The summed E-state index contributed by atoms with van der Waals surface area (Å²) in [5.74, 6) is -0.250. The number of anilines is 1. The van der Waals surface area contributed by atoms with Crippen LogP contribution in [0.5, 0.6) is 0 Å². The maximum atomic E-state index is 11.8. The number of carbonyl (C=O) groups excluding carboxylic acids is 3. The zero-order valence-corrected chi connectivity index (χ0v) is 17.5. The number of amides is 2. The molecule has 1 aromatic rings. The van der Waals surface area contributed by atoms with Crippen molar-refractivity contribution in [3.8, 4) is 0 Å². The molecule has 0 aromatic heterocycles. The van der Waals surface area contributed by atoms with Crippen LogP contribution >= 0.6 is 11.8 Å². The summed E-state index contributed by atoms with van der Waals surface area (Å²) in [5, 5.41) is 6.22. The number of rotatable bonds is 6. The van der Waals surface area contributed by atoms with Crippen LogP contribution in [0.1, 0.15) is 37.5 Å². The first kappa shape index (κ1) is 21.1. The molecule has 0 radical (unpaired) electrons. The average Bonchev–Trinajstić information content (AvgIpc) is 3.11. The third-order valence-corrected chi connectivity index (χ3v) is 5.92. The summed E-state index contributed by atoms with van der Waals surface area (Å²) in [6.45, 7) is 0. The third-order valence-electron chi connectivity index (χ3n) is 4.41. The minimum absolute atomic E-state index is 0. The molecule has 2 aliphatic rings. The van der Waals surface area contributed by atoms with Crippen LogP contribution < -0.4 is 45.9 Å². The van der Waals surface area contributed by atoms with Crippen LogP contribution in [0.2, 0.25) is 0 Å². The van der Waals surface area contributed by atoms with E-state index >= 15 is 0 Å². The average molecular weight is 387 g/mol. The Morgan fingerprint density at radius 1 is 1.23 bits per heavy atom. The third kappa shape index (κ3) is 5.39. The van der Waals surface area contributed by atoms with Crippen molar-refractivity contribution in [3.05, 3.63) is 29.8 Å². The van der Waals surface area contributed by atoms with Crippen LogP contribution in [-0.4, -0.2) is 41.1 Å². The molecule has 0 spiro atoms. The number of nitrogen functional groups attached to an aromatic ring is 1. The van der Waals surface area contributed by atoms with Crippen LogP contribution in [0.15, 0.2) is 24.3 Å². The molecule has 3 rings (SSSR count). The van der Waals surface area contributed by atoms with Gasteiger partial charge in [-0.3, -0.25) is 4.79 Å². The van der Waals surface area contributed by atoms with Gasteiger partial charge in [0.15, 0.2) is 0 Å². The second-order valence-corrected chi connectivity index (χ2v) is 7.52. The summed E-state index contributed by atoms with van der Waals surface area (Å²) in [6.07, 6.45) is 2.63. The van der Waals surface area contributed by atoms with Gasteiger partial charge >= 0.3 is 47.5 Å². The summed E-state index contributed by atoms with van der Waals surface area (Å²) >= 11 is 1.85. The number of esters is 2. The Kier molecular flexibility index (Phi) is 7.82. The number of nitrogens with two attached hydrogens (primary N) is 1. The van der Waals surface area contributed by atoms with Crippen molar-refractivity contribution in [3.63, 3.8) is 0 Å². The molecule has 2 aliphatic heterocycles. The molecule has 0 aliphatic carbocycles. The van der Waals surface area contributed by atoms with Crippen molar-refractivity contribution in [2.24, 2.45) is 0 Å². The Hall–Kier alpha value is -1.22. The Balaban J connectivity index is 0.00000182. The number of urea groups is 1. The van der Waals surface area contributed by atoms with Crippen molar-refractivity contribution >= 4 is 35.4 Å². The monoisotopic (exact) mass is 387 g/mol. The number of hydrogen-bond donors (Lipinski definition) is 3. The predicted molar refractivity (Wildman–Crippen MR) is 96.3 cm³/mol. The summed E-state index contributed by atoms with van der Waals surface area (Å²) in [7, 11) is 0. The SMILES string of the molecule is Nc1ccc(C(=O)OC(=O)CCCC[C@@H]2SC[C@@H]3NC(=O)N[C@@H]32)cc1.[H-].[Na+]. The van der Waals surface area contributed by atoms with E-state index in [-0.39, 0.29) is 55.5 Å². The molecule has 2 amide bonds. The molecule has 3 atom stereocenters. The molecule has 26 heavy (non-hydrogen) atoms. The van der Waals surface area contributed by atoms with E-state index in [1.165, 1.54) is 12.1 Å². The van der Waals surface area contributed by atoms with E-state index in [0.29, 0.717) is 22.9 Å². The summed E-state index contributed by atoms with van der Waals surface area (Å²) < 4.78 is 4.84. The summed E-state index contributed by atoms with van der Waals surface area (Å²) in [5.41, 5.74) is 6.40. The van der Waals surface area contributed by atoms with Crippen LogP contribution in [0.25, 0.3) is 0 Å². The fraction of sp³-hybridized carbons (Fsp3) is 0.471. The number of unbranched alkanes of at least 4 members (excludes halogenated alkanes) is 1. The molecule has 7 nitrogen and oxygen atoms in total. The second kappa shape index (κ2) is 9.64. The molecule has 0 saturated carbocycles. The molecule has 2 fully saturated rings. The van der Waals surface area contributed by atoms with Gasteiger partial charge in [0.25, 0.3) is 0 Å². The Bertz CT molecular complexity index is 677. The number of benzene rings is 1. The van der Waals surface area contributed by atoms with E-state index in [9.17, 15) is 14.4 Å². The smallest absolute Gasteiger partial charge is 1.00 e. The molecule has 1 aromatic carbocycles. The van der Waals surface area contributed by atoms with Gasteiger partial charge in [-0.25, -0.2) is 9.59 Å². The zero-order chi connectivity index (χ0) is 17.8. The van der Waals surface area contributed by atoms with Gasteiger partial charge in [-0.05, 0) is 37.1 Å². The van der Waals surface area contributed by atoms with E-state index in [4.69, 9.17) is 10.5 Å². The second-order valence-electron chi connectivity index (χ2n) is 6.25. The minimum atomic E-state index is -0.654. The molecule has 0 unspecified atom stereocenters. The fourth-order valence-electron chi connectivity index (χ4n) is 3.09. The van der Waals surface area contributed by atoms with Crippen molar-refractivity contribution in [1.82, 2.24) is 10.6 Å². The van der Waals surface area contributed by atoms with Crippen molar-refractivity contribution in [2.45, 2.75) is 43.0 Å². The molecule has 2 heterocycles. The van der Waals surface area contributed by atoms with E-state index < -0.39 is 11.9 Å². The first-order chi connectivity index (χ1) is 12.0. The van der Waals surface area contributed by atoms with Crippen LogP contribution in [0.4, 0.5) is 10.5 Å². The number of carbonyl (C=O) groups is 3. The van der Waals surface area contributed by atoms with Crippen LogP contribution in [0.3, 0.4) is 0 Å². The number of thioether (sulfide) groups is 1. The predicted octanol–water partition coefficient (Wildman–Crippen LogP) is -1.21. The largest absolute Gasteiger partial charge is 1.00 e. The van der Waals surface area contributed by atoms with E-state index in [1.807, 2.05) is 11.8 Å². The molecular formula is C17H22N3NaO4S. The maximum absolute atomic E-state index is 11.8. The molecule has 0 bridgehead atoms. The summed E-state index contributed by atoms with van der Waals surface area (Å²) in [4.78, 5) is 34.9. The Morgan fingerprint density at radius 2 is 1.96 bits per heavy atom. The van der Waals surface area contributed by atoms with Gasteiger partial charge in [-0.2, -0.15) is 11.8 Å². The van der Waals surface area contributed by atoms with Gasteiger partial charge in [0.2, 0.25) is 0 Å². The topological polar surface area (TPSA) is 111 Å². The standard InChI is InChI=1S/C17H21N3O4S.Na.H/c18-11-7-5-10(6-8-11)16(22)24-14(21)4-2-1-3-13-15-12(9-25-13)19-17(23)20-15;;/h5-8,12-13,15H,1-4,9,18H2,(H2,19,20,23);;/q;+1;-1/t12-,13-,15-;;/m0../s1. The zero-order valence-electron chi connectivity index (χ0n) is 15.7. The molecule has 4 N–H and O–H groups in total. The minimum Gasteiger partial charge on any atom is -1.00 e. The maximum Gasteiger partial charge on any atom is 1.00 e. The van der Waals surface area contributed by atoms with Crippen molar-refractivity contribution in [1.29, 1.82) is 0 Å². The van der Waals surface area contributed by atoms with Gasteiger partial charge in [0.1, 0.15) is 0 Å². The first-order valence-corrected chi connectivity index (χ1v) is 9.37. The van der Waals surface area contributed by atoms with Crippen molar-refractivity contribution in [2.75, 3.05) is 11.5 Å². The number of ether oxygens (including phenoxy) is 1. The normalized spacial score (nSPS) is 23.4. The van der Waals surface area contributed by atoms with Crippen LogP contribution in [-0.2, 0) is 9.53 Å². The first-order valence-electron chi connectivity index (χ1n) is 8.32. The van der Waals surface area contributed by atoms with Crippen molar-refractivity contribution < 1.29 is 50.1 Å². The Morgan fingerprint density at radius 3 is 2.69 bits per heavy atom. The van der Waals surface area contributed by atoms with Gasteiger partial charge in [0, 0.05) is 23.1 Å². The number of nitrogens with one attached hydrogen (secondary N) is 2. The van der Waals surface area contributed by atoms with Gasteiger partial charge in [-0.15, -0.1) is 0 Å². The van der Waals surface area contributed by atoms with E-state index in [2.05, 4.69) is 10.6 Å². The van der Waals surface area contributed by atoms with Gasteiger partial charge in [0.05, 0.1) is 17.6 Å². The number of fused-ring (bicyclic) bond motifs is 1. The molecule has 9 heteroatoms. The summed E-state index contributed by atoms with van der Waals surface area (Å²) in [6, 6.07) is 6.53. The fourth-order valence-corrected chi connectivity index (χ4v) is 4.63. The van der Waals surface area contributed by atoms with Gasteiger partial charge < -0.3 is 22.5 Å². The van der Waals surface area contributed by atoms with E-state index in [0.717, 1.165) is 18.6 Å². The van der Waals surface area contributed by atoms with Crippen LogP contribution in [0, 0.1) is 0 Å². The number of hydrogen-bond acceptors (Lipinski definition) is 6. The quantitative estimate of drug-likeness (QED) is 0.141. The molecule has 2 saturated heterocycles. The Labute approximate surface area is 179 Å².